The number of rotatable bonds is 1. The third-order valence-corrected chi connectivity index (χ3v) is 2.35. The Labute approximate surface area is 91.0 Å². The summed E-state index contributed by atoms with van der Waals surface area (Å²) in [6.07, 6.45) is 0. The molecule has 1 heterocycles. The Morgan fingerprint density at radius 3 is 2.87 bits per heavy atom. The molecule has 0 spiro atoms. The molecule has 2 aromatic rings. The maximum Gasteiger partial charge on any atom is 0.173 e. The first-order valence-corrected chi connectivity index (χ1v) is 4.63. The molecule has 0 saturated heterocycles. The number of halogens is 1. The van der Waals surface area contributed by atoms with Gasteiger partial charge in [0.25, 0.3) is 0 Å². The molecule has 0 radical (unpaired) electrons. The van der Waals surface area contributed by atoms with Gasteiger partial charge in [-0.25, -0.2) is 4.98 Å². The summed E-state index contributed by atoms with van der Waals surface area (Å²) in [5.74, 6) is -0.0433. The quantitative estimate of drug-likeness (QED) is 0.254. The summed E-state index contributed by atoms with van der Waals surface area (Å²) in [5.41, 5.74) is 6.67. The molecule has 0 unspecified atom stereocenters. The van der Waals surface area contributed by atoms with E-state index in [9.17, 15) is 0 Å². The normalized spacial score (nSPS) is 11.9. The number of aromatic nitrogens is 1. The van der Waals surface area contributed by atoms with Crippen molar-refractivity contribution in [3.8, 4) is 0 Å². The van der Waals surface area contributed by atoms with Crippen molar-refractivity contribution in [1.29, 1.82) is 0 Å². The maximum absolute atomic E-state index is 8.56. The number of hydrogen-bond donors (Lipinski definition) is 2. The predicted octanol–water partition coefficient (Wildman–Crippen LogP) is 1.98. The zero-order chi connectivity index (χ0) is 10.8. The van der Waals surface area contributed by atoms with Gasteiger partial charge in [-0.1, -0.05) is 35.0 Å². The smallest absolute Gasteiger partial charge is 0.173 e. The van der Waals surface area contributed by atoms with Gasteiger partial charge in [-0.15, -0.1) is 0 Å². The fourth-order valence-corrected chi connectivity index (χ4v) is 1.57. The van der Waals surface area contributed by atoms with Gasteiger partial charge >= 0.3 is 0 Å². The lowest BCUT2D eigenvalue weighted by Crippen LogP contribution is -2.14. The Kier molecular flexibility index (Phi) is 2.43. The summed E-state index contributed by atoms with van der Waals surface area (Å²) >= 11 is 5.89. The first-order valence-electron chi connectivity index (χ1n) is 4.25. The molecule has 3 N–H and O–H groups in total. The first kappa shape index (κ1) is 9.73. The van der Waals surface area contributed by atoms with Gasteiger partial charge in [0.05, 0.1) is 11.1 Å². The highest BCUT2D eigenvalue weighted by atomic mass is 35.5. The van der Waals surface area contributed by atoms with Crippen molar-refractivity contribution in [3.63, 3.8) is 0 Å². The molecule has 0 aliphatic heterocycles. The summed E-state index contributed by atoms with van der Waals surface area (Å²) in [6.45, 7) is 0. The summed E-state index contributed by atoms with van der Waals surface area (Å²) in [5, 5.41) is 12.6. The van der Waals surface area contributed by atoms with E-state index >= 15 is 0 Å². The van der Waals surface area contributed by atoms with Crippen LogP contribution >= 0.6 is 11.6 Å². The van der Waals surface area contributed by atoms with E-state index in [-0.39, 0.29) is 11.0 Å². The number of amidine groups is 1. The first-order chi connectivity index (χ1) is 7.22. The fraction of sp³-hybridized carbons (Fsp3) is 0. The van der Waals surface area contributed by atoms with Crippen LogP contribution < -0.4 is 5.73 Å². The van der Waals surface area contributed by atoms with Crippen molar-refractivity contribution >= 4 is 28.3 Å². The van der Waals surface area contributed by atoms with Gasteiger partial charge in [0, 0.05) is 5.39 Å². The summed E-state index contributed by atoms with van der Waals surface area (Å²) in [7, 11) is 0. The van der Waals surface area contributed by atoms with Crippen LogP contribution in [0.15, 0.2) is 35.5 Å². The van der Waals surface area contributed by atoms with Crippen LogP contribution in [0.25, 0.3) is 10.9 Å². The second-order valence-electron chi connectivity index (χ2n) is 3.00. The van der Waals surface area contributed by atoms with Gasteiger partial charge in [-0.2, -0.15) is 0 Å². The Morgan fingerprint density at radius 1 is 1.40 bits per heavy atom. The molecule has 1 aromatic carbocycles. The number of nitrogens with two attached hydrogens (primary N) is 1. The highest BCUT2D eigenvalue weighted by Gasteiger charge is 2.08. The van der Waals surface area contributed by atoms with Crippen LogP contribution in [-0.4, -0.2) is 16.0 Å². The Bertz CT molecular complexity index is 539. The standard InChI is InChI=1S/C10H8ClN3O/c11-9-7(10(12)14-15)5-6-3-1-2-4-8(6)13-9/h1-5,15H,(H2,12,14). The zero-order valence-electron chi connectivity index (χ0n) is 7.68. The van der Waals surface area contributed by atoms with Crippen LogP contribution in [0.2, 0.25) is 5.15 Å². The molecular weight excluding hydrogens is 214 g/mol. The van der Waals surface area contributed by atoms with Crippen molar-refractivity contribution in [2.45, 2.75) is 0 Å². The molecule has 0 amide bonds. The van der Waals surface area contributed by atoms with E-state index < -0.39 is 0 Å². The minimum atomic E-state index is -0.0433. The van der Waals surface area contributed by atoms with Crippen molar-refractivity contribution < 1.29 is 5.21 Å². The molecule has 0 atom stereocenters. The number of nitrogens with zero attached hydrogens (tertiary/aromatic N) is 2. The lowest BCUT2D eigenvalue weighted by atomic mass is 10.1. The van der Waals surface area contributed by atoms with E-state index in [1.165, 1.54) is 0 Å². The highest BCUT2D eigenvalue weighted by molar-refractivity contribution is 6.33. The summed E-state index contributed by atoms with van der Waals surface area (Å²) < 4.78 is 0. The van der Waals surface area contributed by atoms with Crippen LogP contribution in [0.5, 0.6) is 0 Å². The average Bonchev–Trinajstić information content (AvgIpc) is 2.27. The van der Waals surface area contributed by atoms with Crippen LogP contribution in [0.3, 0.4) is 0 Å². The number of fused-ring (bicyclic) bond motifs is 1. The molecule has 0 aliphatic rings. The zero-order valence-corrected chi connectivity index (χ0v) is 8.44. The van der Waals surface area contributed by atoms with Crippen LogP contribution in [0, 0.1) is 0 Å². The van der Waals surface area contributed by atoms with Gasteiger partial charge in [0.15, 0.2) is 5.84 Å². The second-order valence-corrected chi connectivity index (χ2v) is 3.36. The number of hydrogen-bond acceptors (Lipinski definition) is 3. The molecule has 76 valence electrons. The second kappa shape index (κ2) is 3.74. The Morgan fingerprint density at radius 2 is 2.13 bits per heavy atom. The van der Waals surface area contributed by atoms with Crippen LogP contribution in [0.4, 0.5) is 0 Å². The fourth-order valence-electron chi connectivity index (χ4n) is 1.33. The van der Waals surface area contributed by atoms with E-state index in [0.717, 1.165) is 10.9 Å². The maximum atomic E-state index is 8.56. The molecule has 0 saturated carbocycles. The lowest BCUT2D eigenvalue weighted by Gasteiger charge is -2.03. The van der Waals surface area contributed by atoms with Crippen LogP contribution in [-0.2, 0) is 0 Å². The molecular formula is C10H8ClN3O. The number of pyridine rings is 1. The average molecular weight is 222 g/mol. The molecule has 0 aliphatic carbocycles. The molecule has 2 rings (SSSR count). The molecule has 5 heteroatoms. The highest BCUT2D eigenvalue weighted by Crippen LogP contribution is 2.19. The van der Waals surface area contributed by atoms with E-state index in [2.05, 4.69) is 10.1 Å². The molecule has 15 heavy (non-hydrogen) atoms. The largest absolute Gasteiger partial charge is 0.409 e. The van der Waals surface area contributed by atoms with Gasteiger partial charge in [-0.3, -0.25) is 0 Å². The lowest BCUT2D eigenvalue weighted by molar-refractivity contribution is 0.318. The molecule has 4 nitrogen and oxygen atoms in total. The monoisotopic (exact) mass is 221 g/mol. The van der Waals surface area contributed by atoms with E-state index in [0.29, 0.717) is 5.56 Å². The van der Waals surface area contributed by atoms with Crippen molar-refractivity contribution in [2.75, 3.05) is 0 Å². The summed E-state index contributed by atoms with van der Waals surface area (Å²) in [4.78, 5) is 4.14. The molecule has 0 bridgehead atoms. The SMILES string of the molecule is N/C(=N\O)c1cc2ccccc2nc1Cl. The Hall–Kier alpha value is -1.81. The third kappa shape index (κ3) is 1.71. The molecule has 1 aromatic heterocycles. The topological polar surface area (TPSA) is 71.5 Å². The van der Waals surface area contributed by atoms with E-state index in [1.54, 1.807) is 6.07 Å². The van der Waals surface area contributed by atoms with E-state index in [1.807, 2.05) is 24.3 Å². The number of benzene rings is 1. The minimum absolute atomic E-state index is 0.0433. The van der Waals surface area contributed by atoms with Crippen LogP contribution in [0.1, 0.15) is 5.56 Å². The van der Waals surface area contributed by atoms with Crippen molar-refractivity contribution in [2.24, 2.45) is 10.9 Å². The van der Waals surface area contributed by atoms with Gasteiger partial charge < -0.3 is 10.9 Å². The van der Waals surface area contributed by atoms with E-state index in [4.69, 9.17) is 22.5 Å². The third-order valence-electron chi connectivity index (χ3n) is 2.06. The minimum Gasteiger partial charge on any atom is -0.409 e. The van der Waals surface area contributed by atoms with Gasteiger partial charge in [-0.05, 0) is 12.1 Å². The predicted molar refractivity (Wildman–Crippen MR) is 59.3 cm³/mol. The van der Waals surface area contributed by atoms with Crippen molar-refractivity contribution in [3.05, 3.63) is 41.0 Å². The van der Waals surface area contributed by atoms with Crippen molar-refractivity contribution in [1.82, 2.24) is 4.98 Å². The number of oxime groups is 1. The molecule has 0 fully saturated rings. The van der Waals surface area contributed by atoms with Gasteiger partial charge in [0.1, 0.15) is 5.15 Å². The summed E-state index contributed by atoms with van der Waals surface area (Å²) in [6, 6.07) is 9.21. The number of para-hydroxylation sites is 1. The van der Waals surface area contributed by atoms with Gasteiger partial charge in [0.2, 0.25) is 0 Å². The Balaban J connectivity index is 2.72.